The highest BCUT2D eigenvalue weighted by Crippen LogP contribution is 1.99. The Morgan fingerprint density at radius 2 is 1.45 bits per heavy atom. The Morgan fingerprint density at radius 1 is 1.00 bits per heavy atom. The summed E-state index contributed by atoms with van der Waals surface area (Å²) in [6.45, 7) is 3.76. The lowest BCUT2D eigenvalue weighted by Crippen LogP contribution is -2.53. The first-order valence-electron chi connectivity index (χ1n) is 3.97. The van der Waals surface area contributed by atoms with Crippen molar-refractivity contribution in [3.63, 3.8) is 0 Å². The van der Waals surface area contributed by atoms with Crippen molar-refractivity contribution in [3.05, 3.63) is 0 Å². The zero-order chi connectivity index (χ0) is 9.02. The van der Waals surface area contributed by atoms with E-state index in [9.17, 15) is 0 Å². The summed E-state index contributed by atoms with van der Waals surface area (Å²) < 4.78 is 0. The van der Waals surface area contributed by atoms with E-state index in [-0.39, 0.29) is 24.2 Å². The quantitative estimate of drug-likeness (QED) is 0.411. The molecule has 68 valence electrons. The van der Waals surface area contributed by atoms with Crippen LogP contribution in [0.15, 0.2) is 0 Å². The van der Waals surface area contributed by atoms with Gasteiger partial charge in [0, 0.05) is 24.2 Å². The number of hydrogen-bond donors (Lipinski definition) is 4. The number of rotatable bonds is 4. The van der Waals surface area contributed by atoms with Gasteiger partial charge < -0.3 is 22.9 Å². The highest BCUT2D eigenvalue weighted by Gasteiger charge is 2.17. The third-order valence-corrected chi connectivity index (χ3v) is 1.75. The van der Waals surface area contributed by atoms with E-state index in [1.165, 1.54) is 0 Å². The Labute approximate surface area is 68.3 Å². The predicted octanol–water partition coefficient (Wildman–Crippen LogP) is -1.27. The summed E-state index contributed by atoms with van der Waals surface area (Å²) in [7, 11) is 0. The Balaban J connectivity index is 3.73. The van der Waals surface area contributed by atoms with Crippen molar-refractivity contribution in [3.8, 4) is 0 Å². The summed E-state index contributed by atoms with van der Waals surface area (Å²) in [5, 5.41) is 0. The van der Waals surface area contributed by atoms with E-state index >= 15 is 0 Å². The third kappa shape index (κ3) is 4.31. The van der Waals surface area contributed by atoms with Gasteiger partial charge in [-0.25, -0.2) is 0 Å². The van der Waals surface area contributed by atoms with Crippen LogP contribution in [0.25, 0.3) is 0 Å². The van der Waals surface area contributed by atoms with Crippen molar-refractivity contribution in [1.29, 1.82) is 0 Å². The van der Waals surface area contributed by atoms with Crippen LogP contribution in [0.4, 0.5) is 0 Å². The average Bonchev–Trinajstić information content (AvgIpc) is 1.84. The SMILES string of the molecule is CC(N)CC(N)C(N)[C@@H](C)N. The molecule has 4 atom stereocenters. The van der Waals surface area contributed by atoms with Crippen molar-refractivity contribution in [1.82, 2.24) is 0 Å². The molecule has 0 bridgehead atoms. The Morgan fingerprint density at radius 3 is 1.73 bits per heavy atom. The fourth-order valence-corrected chi connectivity index (χ4v) is 0.976. The topological polar surface area (TPSA) is 104 Å². The van der Waals surface area contributed by atoms with Gasteiger partial charge in [-0.15, -0.1) is 0 Å². The highest BCUT2D eigenvalue weighted by atomic mass is 14.9. The van der Waals surface area contributed by atoms with E-state index in [2.05, 4.69) is 0 Å². The fourth-order valence-electron chi connectivity index (χ4n) is 0.976. The summed E-state index contributed by atoms with van der Waals surface area (Å²) in [6, 6.07) is -0.213. The molecule has 0 spiro atoms. The maximum absolute atomic E-state index is 5.73. The largest absolute Gasteiger partial charge is 0.328 e. The van der Waals surface area contributed by atoms with E-state index in [1.807, 2.05) is 13.8 Å². The number of nitrogens with two attached hydrogens (primary N) is 4. The van der Waals surface area contributed by atoms with E-state index < -0.39 is 0 Å². The van der Waals surface area contributed by atoms with Crippen LogP contribution in [-0.4, -0.2) is 24.2 Å². The first kappa shape index (κ1) is 10.8. The van der Waals surface area contributed by atoms with Crippen LogP contribution in [0.3, 0.4) is 0 Å². The second-order valence-electron chi connectivity index (χ2n) is 3.31. The molecule has 0 aromatic carbocycles. The summed E-state index contributed by atoms with van der Waals surface area (Å²) in [4.78, 5) is 0. The molecular weight excluding hydrogens is 140 g/mol. The summed E-state index contributed by atoms with van der Waals surface area (Å²) in [6.07, 6.45) is 0.725. The van der Waals surface area contributed by atoms with Gasteiger partial charge in [-0.3, -0.25) is 0 Å². The molecule has 0 aromatic heterocycles. The third-order valence-electron chi connectivity index (χ3n) is 1.75. The first-order chi connectivity index (χ1) is 4.95. The maximum atomic E-state index is 5.73. The minimum atomic E-state index is -0.152. The molecule has 0 radical (unpaired) electrons. The lowest BCUT2D eigenvalue weighted by atomic mass is 9.98. The smallest absolute Gasteiger partial charge is 0.0344 e. The van der Waals surface area contributed by atoms with Gasteiger partial charge in [-0.1, -0.05) is 0 Å². The monoisotopic (exact) mass is 160 g/mol. The minimum Gasteiger partial charge on any atom is -0.328 e. The molecule has 0 aliphatic rings. The molecule has 0 saturated heterocycles. The van der Waals surface area contributed by atoms with Gasteiger partial charge in [0.15, 0.2) is 0 Å². The van der Waals surface area contributed by atoms with Crippen molar-refractivity contribution in [2.75, 3.05) is 0 Å². The van der Waals surface area contributed by atoms with Crippen LogP contribution in [-0.2, 0) is 0 Å². The van der Waals surface area contributed by atoms with Gasteiger partial charge >= 0.3 is 0 Å². The molecule has 0 aromatic rings. The van der Waals surface area contributed by atoms with Gasteiger partial charge in [-0.05, 0) is 20.3 Å². The second-order valence-corrected chi connectivity index (χ2v) is 3.31. The van der Waals surface area contributed by atoms with Gasteiger partial charge in [-0.2, -0.15) is 0 Å². The fraction of sp³-hybridized carbons (Fsp3) is 1.00. The molecule has 11 heavy (non-hydrogen) atoms. The summed E-state index contributed by atoms with van der Waals surface area (Å²) in [5.41, 5.74) is 22.6. The maximum Gasteiger partial charge on any atom is 0.0344 e. The van der Waals surface area contributed by atoms with Crippen molar-refractivity contribution >= 4 is 0 Å². The lowest BCUT2D eigenvalue weighted by Gasteiger charge is -2.24. The Kier molecular flexibility index (Phi) is 4.60. The molecule has 0 saturated carbocycles. The molecule has 0 rings (SSSR count). The molecule has 0 fully saturated rings. The van der Waals surface area contributed by atoms with Crippen LogP contribution >= 0.6 is 0 Å². The van der Waals surface area contributed by atoms with Gasteiger partial charge in [0.25, 0.3) is 0 Å². The van der Waals surface area contributed by atoms with Crippen LogP contribution < -0.4 is 22.9 Å². The van der Waals surface area contributed by atoms with E-state index in [0.717, 1.165) is 6.42 Å². The van der Waals surface area contributed by atoms with E-state index in [1.54, 1.807) is 0 Å². The van der Waals surface area contributed by atoms with Gasteiger partial charge in [0.2, 0.25) is 0 Å². The van der Waals surface area contributed by atoms with Crippen LogP contribution in [0.2, 0.25) is 0 Å². The molecule has 0 heterocycles. The lowest BCUT2D eigenvalue weighted by molar-refractivity contribution is 0.420. The standard InChI is InChI=1S/C7H20N4/c1-4(8)3-6(10)7(11)5(2)9/h4-7H,3,8-11H2,1-2H3/t4?,5-,6?,7?/m1/s1. The van der Waals surface area contributed by atoms with Gasteiger partial charge in [0.1, 0.15) is 0 Å². The molecule has 0 amide bonds. The Hall–Kier alpha value is -0.160. The average molecular weight is 160 g/mol. The summed E-state index contributed by atoms with van der Waals surface area (Å²) >= 11 is 0. The molecule has 0 aliphatic heterocycles. The molecule has 4 heteroatoms. The van der Waals surface area contributed by atoms with Crippen molar-refractivity contribution in [2.45, 2.75) is 44.4 Å². The van der Waals surface area contributed by atoms with Crippen LogP contribution in [0.5, 0.6) is 0 Å². The van der Waals surface area contributed by atoms with Crippen molar-refractivity contribution in [2.24, 2.45) is 22.9 Å². The van der Waals surface area contributed by atoms with Crippen molar-refractivity contribution < 1.29 is 0 Å². The number of hydrogen-bond acceptors (Lipinski definition) is 4. The molecule has 8 N–H and O–H groups in total. The molecule has 0 aliphatic carbocycles. The summed E-state index contributed by atoms with van der Waals surface area (Å²) in [5.74, 6) is 0. The van der Waals surface area contributed by atoms with Crippen LogP contribution in [0, 0.1) is 0 Å². The normalized spacial score (nSPS) is 22.4. The molecule has 4 nitrogen and oxygen atoms in total. The van der Waals surface area contributed by atoms with E-state index in [4.69, 9.17) is 22.9 Å². The molecular formula is C7H20N4. The Bertz CT molecular complexity index is 103. The highest BCUT2D eigenvalue weighted by molar-refractivity contribution is 4.84. The van der Waals surface area contributed by atoms with E-state index in [0.29, 0.717) is 0 Å². The minimum absolute atomic E-state index is 0.0660. The zero-order valence-electron chi connectivity index (χ0n) is 7.33. The van der Waals surface area contributed by atoms with Gasteiger partial charge in [0.05, 0.1) is 0 Å². The molecule has 3 unspecified atom stereocenters. The predicted molar refractivity (Wildman–Crippen MR) is 47.9 cm³/mol. The van der Waals surface area contributed by atoms with Crippen LogP contribution in [0.1, 0.15) is 20.3 Å². The second kappa shape index (κ2) is 4.66. The zero-order valence-corrected chi connectivity index (χ0v) is 7.33. The first-order valence-corrected chi connectivity index (χ1v) is 3.97.